The maximum absolute atomic E-state index is 12.1. The predicted octanol–water partition coefficient (Wildman–Crippen LogP) is 3.46. The van der Waals surface area contributed by atoms with Crippen molar-refractivity contribution < 1.29 is 4.42 Å². The summed E-state index contributed by atoms with van der Waals surface area (Å²) in [7, 11) is 0. The van der Waals surface area contributed by atoms with Gasteiger partial charge < -0.3 is 4.42 Å². The van der Waals surface area contributed by atoms with Crippen LogP contribution in [0.25, 0.3) is 32.3 Å². The minimum atomic E-state index is -0.570. The summed E-state index contributed by atoms with van der Waals surface area (Å²) < 4.78 is 4.83. The van der Waals surface area contributed by atoms with Gasteiger partial charge in [0.15, 0.2) is 0 Å². The summed E-state index contributed by atoms with van der Waals surface area (Å²) in [6.07, 6.45) is 0. The zero-order valence-electron chi connectivity index (χ0n) is 11.0. The molecule has 0 saturated heterocycles. The van der Waals surface area contributed by atoms with Gasteiger partial charge in [0.2, 0.25) is 0 Å². The highest BCUT2D eigenvalue weighted by Gasteiger charge is 2.16. The third-order valence-corrected chi connectivity index (χ3v) is 3.75. The average Bonchev–Trinajstić information content (AvgIpc) is 2.73. The van der Waals surface area contributed by atoms with E-state index in [4.69, 9.17) is 4.42 Å². The van der Waals surface area contributed by atoms with Crippen LogP contribution in [-0.4, -0.2) is 0 Å². The molecule has 3 aromatic carbocycles. The summed E-state index contributed by atoms with van der Waals surface area (Å²) in [4.78, 5) is 24.1. The van der Waals surface area contributed by atoms with Crippen molar-refractivity contribution in [3.05, 3.63) is 81.5 Å². The molecule has 3 heteroatoms. The average molecular weight is 274 g/mol. The van der Waals surface area contributed by atoms with Crippen LogP contribution in [0.5, 0.6) is 0 Å². The summed E-state index contributed by atoms with van der Waals surface area (Å²) in [6, 6.07) is 18.9. The van der Waals surface area contributed by atoms with Gasteiger partial charge in [-0.15, -0.1) is 0 Å². The van der Waals surface area contributed by atoms with Crippen LogP contribution in [0.4, 0.5) is 0 Å². The van der Waals surface area contributed by atoms with E-state index in [0.29, 0.717) is 10.8 Å². The van der Waals surface area contributed by atoms with E-state index in [9.17, 15) is 9.59 Å². The Bertz CT molecular complexity index is 1030. The van der Waals surface area contributed by atoms with Gasteiger partial charge in [0.1, 0.15) is 0 Å². The van der Waals surface area contributed by atoms with E-state index in [2.05, 4.69) is 0 Å². The largest absolute Gasteiger partial charge is 0.386 e. The molecule has 0 aliphatic heterocycles. The first-order valence-electron chi connectivity index (χ1n) is 6.64. The number of hydrogen-bond donors (Lipinski definition) is 0. The van der Waals surface area contributed by atoms with Gasteiger partial charge >= 0.3 is 11.3 Å². The molecule has 0 aliphatic carbocycles. The van der Waals surface area contributed by atoms with Crippen molar-refractivity contribution >= 4 is 32.3 Å². The van der Waals surface area contributed by atoms with E-state index in [1.54, 1.807) is 0 Å². The van der Waals surface area contributed by atoms with Crippen LogP contribution in [0.15, 0.2) is 74.7 Å². The lowest BCUT2D eigenvalue weighted by Gasteiger charge is -2.00. The van der Waals surface area contributed by atoms with Gasteiger partial charge in [0.05, 0.1) is 10.8 Å². The molecule has 0 radical (unpaired) electrons. The predicted molar refractivity (Wildman–Crippen MR) is 83.8 cm³/mol. The number of benzene rings is 1. The fourth-order valence-electron chi connectivity index (χ4n) is 2.88. The van der Waals surface area contributed by atoms with E-state index in [-0.39, 0.29) is 0 Å². The third kappa shape index (κ3) is 1.61. The molecule has 0 fully saturated rings. The Morgan fingerprint density at radius 2 is 0.905 bits per heavy atom. The van der Waals surface area contributed by atoms with Gasteiger partial charge in [0, 0.05) is 0 Å². The molecule has 0 spiro atoms. The molecule has 0 unspecified atom stereocenters. The molecule has 21 heavy (non-hydrogen) atoms. The molecule has 0 saturated carbocycles. The van der Waals surface area contributed by atoms with Crippen LogP contribution in [0, 0.1) is 0 Å². The molecule has 4 rings (SSSR count). The van der Waals surface area contributed by atoms with E-state index < -0.39 is 11.3 Å². The van der Waals surface area contributed by atoms with Crippen LogP contribution in [0.1, 0.15) is 0 Å². The fraction of sp³-hybridized carbons (Fsp3) is 0. The zero-order valence-corrected chi connectivity index (χ0v) is 11.0. The first-order chi connectivity index (χ1) is 10.3. The van der Waals surface area contributed by atoms with Gasteiger partial charge in [0.25, 0.3) is 0 Å². The SMILES string of the molecule is O=c1oc(=O)c2c3cccccc3c3cccccc3c12. The van der Waals surface area contributed by atoms with Crippen molar-refractivity contribution in [1.82, 2.24) is 0 Å². The van der Waals surface area contributed by atoms with Crippen LogP contribution < -0.4 is 11.3 Å². The Morgan fingerprint density at radius 3 is 1.33 bits per heavy atom. The van der Waals surface area contributed by atoms with E-state index in [1.807, 2.05) is 60.7 Å². The highest BCUT2D eigenvalue weighted by Crippen LogP contribution is 2.30. The number of furan rings is 1. The monoisotopic (exact) mass is 274 g/mol. The summed E-state index contributed by atoms with van der Waals surface area (Å²) in [5.74, 6) is 0. The quantitative estimate of drug-likeness (QED) is 0.493. The number of hydrogen-bond acceptors (Lipinski definition) is 3. The van der Waals surface area contributed by atoms with Crippen LogP contribution >= 0.6 is 0 Å². The van der Waals surface area contributed by atoms with E-state index in [1.165, 1.54) is 0 Å². The normalized spacial score (nSPS) is 11.2. The standard InChI is InChI=1S/C18H10O3/c19-17-15-13-9-5-1-3-7-11(13)12-8-4-2-6-10-14(12)16(15)18(20)21-17/h1-10H. The first kappa shape index (κ1) is 11.9. The van der Waals surface area contributed by atoms with Gasteiger partial charge in [-0.3, -0.25) is 0 Å². The summed E-state index contributed by atoms with van der Waals surface area (Å²) in [5.41, 5.74) is -1.14. The smallest absolute Gasteiger partial charge is 0.347 e. The lowest BCUT2D eigenvalue weighted by Crippen LogP contribution is -1.94. The van der Waals surface area contributed by atoms with Crippen molar-refractivity contribution in [2.45, 2.75) is 0 Å². The molecule has 0 amide bonds. The van der Waals surface area contributed by atoms with Gasteiger partial charge in [-0.2, -0.15) is 0 Å². The highest BCUT2D eigenvalue weighted by atomic mass is 16.4. The first-order valence-corrected chi connectivity index (χ1v) is 6.64. The number of fused-ring (bicyclic) bond motifs is 6. The van der Waals surface area contributed by atoms with Crippen LogP contribution in [-0.2, 0) is 0 Å². The summed E-state index contributed by atoms with van der Waals surface area (Å²) >= 11 is 0. The molecular weight excluding hydrogens is 264 g/mol. The van der Waals surface area contributed by atoms with Gasteiger partial charge in [-0.25, -0.2) is 9.59 Å². The molecule has 1 heterocycles. The molecule has 3 nitrogen and oxygen atoms in total. The summed E-state index contributed by atoms with van der Waals surface area (Å²) in [5, 5.41) is 4.07. The molecule has 0 aliphatic rings. The Morgan fingerprint density at radius 1 is 0.524 bits per heavy atom. The summed E-state index contributed by atoms with van der Waals surface area (Å²) in [6.45, 7) is 0. The van der Waals surface area contributed by atoms with E-state index >= 15 is 0 Å². The lowest BCUT2D eigenvalue weighted by atomic mass is 10.00. The van der Waals surface area contributed by atoms with Crippen LogP contribution in [0.2, 0.25) is 0 Å². The second kappa shape index (κ2) is 4.28. The zero-order chi connectivity index (χ0) is 14.4. The minimum absolute atomic E-state index is 0.366. The highest BCUT2D eigenvalue weighted by molar-refractivity contribution is 6.24. The van der Waals surface area contributed by atoms with Crippen molar-refractivity contribution in [3.63, 3.8) is 0 Å². The Balaban J connectivity index is 2.58. The molecule has 0 bridgehead atoms. The fourth-order valence-corrected chi connectivity index (χ4v) is 2.88. The molecule has 100 valence electrons. The van der Waals surface area contributed by atoms with Crippen molar-refractivity contribution in [1.29, 1.82) is 0 Å². The van der Waals surface area contributed by atoms with Crippen LogP contribution in [0.3, 0.4) is 0 Å². The maximum atomic E-state index is 12.1. The van der Waals surface area contributed by atoms with Crippen molar-refractivity contribution in [3.8, 4) is 0 Å². The second-order valence-electron chi connectivity index (χ2n) is 4.90. The van der Waals surface area contributed by atoms with Gasteiger partial charge in [-0.05, 0) is 21.5 Å². The minimum Gasteiger partial charge on any atom is -0.386 e. The van der Waals surface area contributed by atoms with E-state index in [0.717, 1.165) is 21.5 Å². The molecule has 0 N–H and O–H groups in total. The molecular formula is C18H10O3. The number of rotatable bonds is 0. The third-order valence-electron chi connectivity index (χ3n) is 3.75. The second-order valence-corrected chi connectivity index (χ2v) is 4.90. The molecule has 1 aromatic heterocycles. The topological polar surface area (TPSA) is 47.3 Å². The molecule has 4 aromatic rings. The van der Waals surface area contributed by atoms with Gasteiger partial charge in [-0.1, -0.05) is 60.7 Å². The lowest BCUT2D eigenvalue weighted by molar-refractivity contribution is 0.500. The Kier molecular flexibility index (Phi) is 2.42. The van der Waals surface area contributed by atoms with Crippen molar-refractivity contribution in [2.24, 2.45) is 0 Å². The van der Waals surface area contributed by atoms with Crippen molar-refractivity contribution in [2.75, 3.05) is 0 Å². The maximum Gasteiger partial charge on any atom is 0.347 e. The Labute approximate surface area is 119 Å². The Hall–Kier alpha value is -2.94. The molecule has 0 atom stereocenters.